The number of benzene rings is 2. The van der Waals surface area contributed by atoms with Crippen LogP contribution in [0.4, 0.5) is 0 Å². The third-order valence-electron chi connectivity index (χ3n) is 4.47. The highest BCUT2D eigenvalue weighted by Gasteiger charge is 2.23. The van der Waals surface area contributed by atoms with Crippen LogP contribution < -0.4 is 0 Å². The first-order valence-corrected chi connectivity index (χ1v) is 6.91. The van der Waals surface area contributed by atoms with E-state index in [1.807, 2.05) is 18.2 Å². The van der Waals surface area contributed by atoms with Gasteiger partial charge in [-0.15, -0.1) is 0 Å². The molecule has 98 valence electrons. The van der Waals surface area contributed by atoms with E-state index in [4.69, 9.17) is 0 Å². The molecule has 1 unspecified atom stereocenters. The molecule has 0 spiro atoms. The fraction of sp³-hybridized carbons (Fsp3) is 0.211. The average molecular weight is 259 g/mol. The molecule has 0 heterocycles. The normalized spacial score (nSPS) is 18.3. The molecule has 2 aromatic rings. The average Bonchev–Trinajstić information content (AvgIpc) is 2.73. The molecule has 0 aromatic heterocycles. The van der Waals surface area contributed by atoms with Gasteiger partial charge in [-0.25, -0.2) is 0 Å². The van der Waals surface area contributed by atoms with Crippen molar-refractivity contribution in [2.75, 3.05) is 0 Å². The SMILES string of the molecule is CC1=CC(c2ccc3ccccc3c2C#N)C(C)=C1C. The van der Waals surface area contributed by atoms with Gasteiger partial charge in [0.25, 0.3) is 0 Å². The second kappa shape index (κ2) is 4.65. The Balaban J connectivity index is 2.27. The molecule has 0 saturated carbocycles. The van der Waals surface area contributed by atoms with Crippen molar-refractivity contribution in [3.8, 4) is 6.07 Å². The van der Waals surface area contributed by atoms with Crippen molar-refractivity contribution in [2.45, 2.75) is 26.7 Å². The fourth-order valence-corrected chi connectivity index (χ4v) is 3.04. The number of nitriles is 1. The van der Waals surface area contributed by atoms with Gasteiger partial charge in [0.15, 0.2) is 0 Å². The first kappa shape index (κ1) is 12.7. The zero-order valence-electron chi connectivity index (χ0n) is 12.1. The Hall–Kier alpha value is -2.33. The monoisotopic (exact) mass is 259 g/mol. The van der Waals surface area contributed by atoms with Gasteiger partial charge in [0.1, 0.15) is 6.07 Å². The quantitative estimate of drug-likeness (QED) is 0.699. The molecule has 0 aliphatic heterocycles. The summed E-state index contributed by atoms with van der Waals surface area (Å²) in [6, 6.07) is 14.7. The molecule has 1 atom stereocenters. The minimum absolute atomic E-state index is 0.245. The maximum atomic E-state index is 9.61. The molecule has 0 saturated heterocycles. The first-order chi connectivity index (χ1) is 9.63. The van der Waals surface area contributed by atoms with Crippen LogP contribution in [0.15, 0.2) is 59.2 Å². The lowest BCUT2D eigenvalue weighted by Gasteiger charge is -2.15. The Kier molecular flexibility index (Phi) is 2.95. The van der Waals surface area contributed by atoms with E-state index < -0.39 is 0 Å². The number of nitrogens with zero attached hydrogens (tertiary/aromatic N) is 1. The molecular formula is C19H17N. The number of hydrogen-bond acceptors (Lipinski definition) is 1. The number of hydrogen-bond donors (Lipinski definition) is 0. The van der Waals surface area contributed by atoms with Gasteiger partial charge in [0.05, 0.1) is 5.56 Å². The van der Waals surface area contributed by atoms with E-state index in [1.54, 1.807) is 0 Å². The molecular weight excluding hydrogens is 242 g/mol. The van der Waals surface area contributed by atoms with Crippen LogP contribution in [0.25, 0.3) is 10.8 Å². The predicted molar refractivity (Wildman–Crippen MR) is 83.5 cm³/mol. The van der Waals surface area contributed by atoms with E-state index in [9.17, 15) is 5.26 Å². The van der Waals surface area contributed by atoms with E-state index >= 15 is 0 Å². The lowest BCUT2D eigenvalue weighted by molar-refractivity contribution is 1.000. The van der Waals surface area contributed by atoms with Crippen molar-refractivity contribution >= 4 is 10.8 Å². The number of rotatable bonds is 1. The van der Waals surface area contributed by atoms with Crippen LogP contribution in [-0.4, -0.2) is 0 Å². The van der Waals surface area contributed by atoms with E-state index in [0.717, 1.165) is 21.9 Å². The summed E-state index contributed by atoms with van der Waals surface area (Å²) in [5.74, 6) is 0.245. The Labute approximate surface area is 119 Å². The van der Waals surface area contributed by atoms with Crippen molar-refractivity contribution in [3.63, 3.8) is 0 Å². The number of allylic oxidation sites excluding steroid dienone is 4. The fourth-order valence-electron chi connectivity index (χ4n) is 3.04. The van der Waals surface area contributed by atoms with Crippen molar-refractivity contribution in [1.82, 2.24) is 0 Å². The highest BCUT2D eigenvalue weighted by Crippen LogP contribution is 2.40. The lowest BCUT2D eigenvalue weighted by atomic mass is 9.88. The van der Waals surface area contributed by atoms with Gasteiger partial charge in [0.2, 0.25) is 0 Å². The van der Waals surface area contributed by atoms with Gasteiger partial charge in [-0.2, -0.15) is 5.26 Å². The molecule has 0 radical (unpaired) electrons. The molecule has 3 rings (SSSR count). The van der Waals surface area contributed by atoms with Crippen LogP contribution in [0.3, 0.4) is 0 Å². The Morgan fingerprint density at radius 1 is 1.00 bits per heavy atom. The third-order valence-corrected chi connectivity index (χ3v) is 4.47. The summed E-state index contributed by atoms with van der Waals surface area (Å²) in [5, 5.41) is 11.8. The van der Waals surface area contributed by atoms with Crippen LogP contribution in [0.5, 0.6) is 0 Å². The van der Waals surface area contributed by atoms with Gasteiger partial charge in [-0.3, -0.25) is 0 Å². The molecule has 2 aromatic carbocycles. The molecule has 0 bridgehead atoms. The second-order valence-electron chi connectivity index (χ2n) is 5.50. The van der Waals surface area contributed by atoms with Crippen LogP contribution in [0.2, 0.25) is 0 Å². The highest BCUT2D eigenvalue weighted by atomic mass is 14.3. The molecule has 1 nitrogen and oxygen atoms in total. The van der Waals surface area contributed by atoms with Crippen molar-refractivity contribution in [1.29, 1.82) is 5.26 Å². The minimum atomic E-state index is 0.245. The zero-order valence-corrected chi connectivity index (χ0v) is 12.1. The summed E-state index contributed by atoms with van der Waals surface area (Å²) in [5.41, 5.74) is 5.97. The largest absolute Gasteiger partial charge is 0.192 e. The van der Waals surface area contributed by atoms with Crippen LogP contribution in [0.1, 0.15) is 37.8 Å². The standard InChI is InChI=1S/C19H17N/c1-12-10-18(14(3)13(12)2)17-9-8-15-6-4-5-7-16(15)19(17)11-20/h4-10,18H,1-3H3. The zero-order chi connectivity index (χ0) is 14.3. The molecule has 0 N–H and O–H groups in total. The summed E-state index contributed by atoms with van der Waals surface area (Å²) in [4.78, 5) is 0. The van der Waals surface area contributed by atoms with Crippen molar-refractivity contribution in [3.05, 3.63) is 70.3 Å². The number of fused-ring (bicyclic) bond motifs is 1. The van der Waals surface area contributed by atoms with E-state index in [1.165, 1.54) is 16.7 Å². The molecule has 0 fully saturated rings. The molecule has 1 aliphatic rings. The van der Waals surface area contributed by atoms with E-state index in [-0.39, 0.29) is 5.92 Å². The maximum Gasteiger partial charge on any atom is 0.100 e. The van der Waals surface area contributed by atoms with Gasteiger partial charge in [0, 0.05) is 5.92 Å². The maximum absolute atomic E-state index is 9.61. The van der Waals surface area contributed by atoms with Gasteiger partial charge in [-0.1, -0.05) is 53.6 Å². The highest BCUT2D eigenvalue weighted by molar-refractivity contribution is 5.89. The molecule has 20 heavy (non-hydrogen) atoms. The predicted octanol–water partition coefficient (Wildman–Crippen LogP) is 5.09. The molecule has 0 amide bonds. The smallest absolute Gasteiger partial charge is 0.100 e. The van der Waals surface area contributed by atoms with Crippen molar-refractivity contribution in [2.24, 2.45) is 0 Å². The molecule has 1 aliphatic carbocycles. The summed E-state index contributed by atoms with van der Waals surface area (Å²) in [7, 11) is 0. The Morgan fingerprint density at radius 2 is 1.75 bits per heavy atom. The van der Waals surface area contributed by atoms with E-state index in [2.05, 4.69) is 51.1 Å². The summed E-state index contributed by atoms with van der Waals surface area (Å²) >= 11 is 0. The summed E-state index contributed by atoms with van der Waals surface area (Å²) in [6.45, 7) is 6.48. The van der Waals surface area contributed by atoms with Crippen LogP contribution in [-0.2, 0) is 0 Å². The van der Waals surface area contributed by atoms with Gasteiger partial charge in [-0.05, 0) is 42.7 Å². The van der Waals surface area contributed by atoms with Crippen molar-refractivity contribution < 1.29 is 0 Å². The van der Waals surface area contributed by atoms with Crippen LogP contribution in [0, 0.1) is 11.3 Å². The Bertz CT molecular complexity index is 800. The topological polar surface area (TPSA) is 23.8 Å². The van der Waals surface area contributed by atoms with Gasteiger partial charge >= 0.3 is 0 Å². The van der Waals surface area contributed by atoms with E-state index in [0.29, 0.717) is 0 Å². The molecule has 1 heteroatoms. The summed E-state index contributed by atoms with van der Waals surface area (Å²) in [6.07, 6.45) is 2.27. The first-order valence-electron chi connectivity index (χ1n) is 6.91. The Morgan fingerprint density at radius 3 is 2.40 bits per heavy atom. The second-order valence-corrected chi connectivity index (χ2v) is 5.50. The third kappa shape index (κ3) is 1.77. The summed E-state index contributed by atoms with van der Waals surface area (Å²) < 4.78 is 0. The minimum Gasteiger partial charge on any atom is -0.192 e. The van der Waals surface area contributed by atoms with Crippen LogP contribution >= 0.6 is 0 Å². The van der Waals surface area contributed by atoms with Gasteiger partial charge < -0.3 is 0 Å². The lowest BCUT2D eigenvalue weighted by Crippen LogP contribution is -1.99.